The van der Waals surface area contributed by atoms with Crippen LogP contribution < -0.4 is 10.1 Å². The van der Waals surface area contributed by atoms with Crippen LogP contribution in [0.2, 0.25) is 5.02 Å². The van der Waals surface area contributed by atoms with Gasteiger partial charge in [-0.3, -0.25) is 0 Å². The molecule has 0 amide bonds. The molecule has 0 bridgehead atoms. The summed E-state index contributed by atoms with van der Waals surface area (Å²) in [5.41, 5.74) is 0. The number of ether oxygens (including phenoxy) is 1. The fraction of sp³-hybridized carbons (Fsp3) is 0.667. The second-order valence-corrected chi connectivity index (χ2v) is 4.85. The molecule has 0 aliphatic rings. The van der Waals surface area contributed by atoms with Crippen molar-refractivity contribution in [2.75, 3.05) is 24.9 Å². The van der Waals surface area contributed by atoms with Gasteiger partial charge in [0.05, 0.1) is 13.3 Å². The SMILES string of the molecule is CCCC(CCCl)CNc1nc(OC)ncc1Cl. The van der Waals surface area contributed by atoms with Crippen LogP contribution in [-0.4, -0.2) is 29.5 Å². The quantitative estimate of drug-likeness (QED) is 0.744. The minimum atomic E-state index is 0.311. The Labute approximate surface area is 118 Å². The largest absolute Gasteiger partial charge is 0.467 e. The first-order valence-corrected chi connectivity index (χ1v) is 6.98. The molecule has 0 spiro atoms. The van der Waals surface area contributed by atoms with Gasteiger partial charge in [-0.2, -0.15) is 4.98 Å². The maximum Gasteiger partial charge on any atom is 0.318 e. The van der Waals surface area contributed by atoms with E-state index in [4.69, 9.17) is 27.9 Å². The fourth-order valence-electron chi connectivity index (χ4n) is 1.73. The second-order valence-electron chi connectivity index (χ2n) is 4.07. The van der Waals surface area contributed by atoms with E-state index in [1.165, 1.54) is 13.3 Å². The average Bonchev–Trinajstić information content (AvgIpc) is 2.38. The number of alkyl halides is 1. The predicted octanol–water partition coefficient (Wildman–Crippen LogP) is 3.60. The van der Waals surface area contributed by atoms with Crippen molar-refractivity contribution in [2.24, 2.45) is 5.92 Å². The second kappa shape index (κ2) is 8.38. The first-order valence-electron chi connectivity index (χ1n) is 6.07. The molecule has 0 aromatic carbocycles. The highest BCUT2D eigenvalue weighted by atomic mass is 35.5. The lowest BCUT2D eigenvalue weighted by Crippen LogP contribution is -2.16. The Morgan fingerprint density at radius 3 is 2.83 bits per heavy atom. The summed E-state index contributed by atoms with van der Waals surface area (Å²) >= 11 is 11.8. The summed E-state index contributed by atoms with van der Waals surface area (Å²) in [6.07, 6.45) is 4.80. The molecule has 1 atom stereocenters. The monoisotopic (exact) mass is 291 g/mol. The van der Waals surface area contributed by atoms with E-state index >= 15 is 0 Å². The van der Waals surface area contributed by atoms with Gasteiger partial charge < -0.3 is 10.1 Å². The molecule has 1 heterocycles. The molecule has 18 heavy (non-hydrogen) atoms. The van der Waals surface area contributed by atoms with Crippen LogP contribution in [0.4, 0.5) is 5.82 Å². The van der Waals surface area contributed by atoms with Crippen molar-refractivity contribution >= 4 is 29.0 Å². The van der Waals surface area contributed by atoms with E-state index in [1.807, 2.05) is 0 Å². The van der Waals surface area contributed by atoms with E-state index in [0.29, 0.717) is 28.6 Å². The maximum absolute atomic E-state index is 6.02. The standard InChI is InChI=1S/C12H19Cl2N3O/c1-3-4-9(5-6-13)7-15-11-10(14)8-16-12(17-11)18-2/h8-9H,3-7H2,1-2H3,(H,15,16,17). The molecule has 1 rings (SSSR count). The molecule has 6 heteroatoms. The fourth-order valence-corrected chi connectivity index (χ4v) is 2.19. The third-order valence-electron chi connectivity index (χ3n) is 2.68. The molecule has 0 fully saturated rings. The van der Waals surface area contributed by atoms with Gasteiger partial charge in [0.15, 0.2) is 5.82 Å². The van der Waals surface area contributed by atoms with Crippen molar-refractivity contribution in [1.82, 2.24) is 9.97 Å². The van der Waals surface area contributed by atoms with Gasteiger partial charge in [0.25, 0.3) is 0 Å². The molecule has 0 radical (unpaired) electrons. The Kier molecular flexibility index (Phi) is 7.13. The molecule has 0 aliphatic carbocycles. The zero-order chi connectivity index (χ0) is 13.4. The van der Waals surface area contributed by atoms with Crippen LogP contribution in [0.5, 0.6) is 6.01 Å². The minimum Gasteiger partial charge on any atom is -0.467 e. The first kappa shape index (κ1) is 15.3. The Morgan fingerprint density at radius 2 is 2.22 bits per heavy atom. The van der Waals surface area contributed by atoms with Gasteiger partial charge in [0.2, 0.25) is 0 Å². The third-order valence-corrected chi connectivity index (χ3v) is 3.17. The maximum atomic E-state index is 6.02. The van der Waals surface area contributed by atoms with Crippen LogP contribution in [-0.2, 0) is 0 Å². The topological polar surface area (TPSA) is 47.0 Å². The normalized spacial score (nSPS) is 12.2. The number of hydrogen-bond acceptors (Lipinski definition) is 4. The zero-order valence-electron chi connectivity index (χ0n) is 10.7. The zero-order valence-corrected chi connectivity index (χ0v) is 12.3. The molecule has 102 valence electrons. The Morgan fingerprint density at radius 1 is 1.44 bits per heavy atom. The molecule has 1 unspecified atom stereocenters. The van der Waals surface area contributed by atoms with Crippen LogP contribution in [0, 0.1) is 5.92 Å². The van der Waals surface area contributed by atoms with E-state index in [-0.39, 0.29) is 0 Å². The summed E-state index contributed by atoms with van der Waals surface area (Å²) in [4.78, 5) is 8.10. The van der Waals surface area contributed by atoms with Crippen molar-refractivity contribution in [3.63, 3.8) is 0 Å². The summed E-state index contributed by atoms with van der Waals surface area (Å²) in [5.74, 6) is 1.82. The lowest BCUT2D eigenvalue weighted by atomic mass is 10.0. The Bertz CT molecular complexity index is 357. The highest BCUT2D eigenvalue weighted by Crippen LogP contribution is 2.21. The van der Waals surface area contributed by atoms with E-state index in [0.717, 1.165) is 25.8 Å². The third kappa shape index (κ3) is 4.86. The average molecular weight is 292 g/mol. The van der Waals surface area contributed by atoms with E-state index in [1.54, 1.807) is 0 Å². The Hall–Kier alpha value is -0.740. The molecule has 1 aromatic rings. The number of rotatable bonds is 8. The number of halogens is 2. The van der Waals surface area contributed by atoms with Gasteiger partial charge in [-0.25, -0.2) is 4.98 Å². The van der Waals surface area contributed by atoms with Crippen molar-refractivity contribution in [3.8, 4) is 6.01 Å². The van der Waals surface area contributed by atoms with Crippen LogP contribution in [0.3, 0.4) is 0 Å². The van der Waals surface area contributed by atoms with Crippen LogP contribution in [0.1, 0.15) is 26.2 Å². The molecule has 0 saturated carbocycles. The van der Waals surface area contributed by atoms with Gasteiger partial charge in [0, 0.05) is 12.4 Å². The summed E-state index contributed by atoms with van der Waals surface area (Å²) in [7, 11) is 1.53. The summed E-state index contributed by atoms with van der Waals surface area (Å²) in [5, 5.41) is 3.73. The van der Waals surface area contributed by atoms with Crippen molar-refractivity contribution in [2.45, 2.75) is 26.2 Å². The lowest BCUT2D eigenvalue weighted by Gasteiger charge is -2.16. The van der Waals surface area contributed by atoms with Crippen LogP contribution in [0.15, 0.2) is 6.20 Å². The molecular formula is C12H19Cl2N3O. The smallest absolute Gasteiger partial charge is 0.318 e. The van der Waals surface area contributed by atoms with E-state index in [2.05, 4.69) is 22.2 Å². The van der Waals surface area contributed by atoms with Gasteiger partial charge in [0.1, 0.15) is 5.02 Å². The van der Waals surface area contributed by atoms with Gasteiger partial charge >= 0.3 is 6.01 Å². The Balaban J connectivity index is 2.60. The molecule has 1 N–H and O–H groups in total. The summed E-state index contributed by atoms with van der Waals surface area (Å²) < 4.78 is 4.97. The number of aromatic nitrogens is 2. The lowest BCUT2D eigenvalue weighted by molar-refractivity contribution is 0.380. The number of methoxy groups -OCH3 is 1. The molecule has 0 aliphatic heterocycles. The molecule has 1 aromatic heterocycles. The van der Waals surface area contributed by atoms with Gasteiger partial charge in [-0.1, -0.05) is 24.9 Å². The van der Waals surface area contributed by atoms with Gasteiger partial charge in [-0.15, -0.1) is 11.6 Å². The number of nitrogens with zero attached hydrogens (tertiary/aromatic N) is 2. The van der Waals surface area contributed by atoms with Crippen LogP contribution in [0.25, 0.3) is 0 Å². The summed E-state index contributed by atoms with van der Waals surface area (Å²) in [6, 6.07) is 0.311. The van der Waals surface area contributed by atoms with Gasteiger partial charge in [-0.05, 0) is 18.8 Å². The molecular weight excluding hydrogens is 273 g/mol. The number of anilines is 1. The highest BCUT2D eigenvalue weighted by Gasteiger charge is 2.10. The minimum absolute atomic E-state index is 0.311. The van der Waals surface area contributed by atoms with E-state index < -0.39 is 0 Å². The molecule has 4 nitrogen and oxygen atoms in total. The first-order chi connectivity index (χ1) is 8.71. The predicted molar refractivity (Wildman–Crippen MR) is 75.8 cm³/mol. The molecule has 0 saturated heterocycles. The number of nitrogens with one attached hydrogen (secondary N) is 1. The van der Waals surface area contributed by atoms with Crippen molar-refractivity contribution < 1.29 is 4.74 Å². The summed E-state index contributed by atoms with van der Waals surface area (Å²) in [6.45, 7) is 2.97. The van der Waals surface area contributed by atoms with E-state index in [9.17, 15) is 0 Å². The van der Waals surface area contributed by atoms with Crippen molar-refractivity contribution in [1.29, 1.82) is 0 Å². The number of hydrogen-bond donors (Lipinski definition) is 1. The van der Waals surface area contributed by atoms with Crippen molar-refractivity contribution in [3.05, 3.63) is 11.2 Å². The highest BCUT2D eigenvalue weighted by molar-refractivity contribution is 6.32. The van der Waals surface area contributed by atoms with Crippen LogP contribution >= 0.6 is 23.2 Å².